The maximum atomic E-state index is 11.3. The van der Waals surface area contributed by atoms with Crippen LogP contribution in [0.25, 0.3) is 0 Å². The van der Waals surface area contributed by atoms with E-state index in [1.807, 2.05) is 6.08 Å². The number of likely N-dealkylation sites (tertiary alicyclic amines) is 1. The maximum absolute atomic E-state index is 11.3. The van der Waals surface area contributed by atoms with Crippen molar-refractivity contribution in [2.75, 3.05) is 12.3 Å². The van der Waals surface area contributed by atoms with Gasteiger partial charge in [0, 0.05) is 18.7 Å². The van der Waals surface area contributed by atoms with Gasteiger partial charge in [-0.2, -0.15) is 11.8 Å². The van der Waals surface area contributed by atoms with Gasteiger partial charge in [-0.05, 0) is 25.0 Å². The quantitative estimate of drug-likeness (QED) is 0.582. The summed E-state index contributed by atoms with van der Waals surface area (Å²) < 4.78 is 0. The lowest BCUT2D eigenvalue weighted by molar-refractivity contribution is -0.147. The van der Waals surface area contributed by atoms with E-state index in [2.05, 4.69) is 6.58 Å². The van der Waals surface area contributed by atoms with Crippen molar-refractivity contribution in [2.24, 2.45) is 0 Å². The fourth-order valence-corrected chi connectivity index (χ4v) is 3.23. The zero-order chi connectivity index (χ0) is 12.8. The Balaban J connectivity index is 2.42. The number of nitrogens with zero attached hydrogens (tertiary/aromatic N) is 1. The van der Waals surface area contributed by atoms with Gasteiger partial charge < -0.3 is 10.0 Å². The average molecular weight is 257 g/mol. The Kier molecular flexibility index (Phi) is 5.55. The molecule has 0 aromatic carbocycles. The lowest BCUT2D eigenvalue weighted by atomic mass is 10.2. The summed E-state index contributed by atoms with van der Waals surface area (Å²) in [5, 5.41) is 9.30. The van der Waals surface area contributed by atoms with Crippen LogP contribution in [0.4, 0.5) is 0 Å². The summed E-state index contributed by atoms with van der Waals surface area (Å²) in [7, 11) is 0. The van der Waals surface area contributed by atoms with Crippen LogP contribution in [0, 0.1) is 0 Å². The van der Waals surface area contributed by atoms with Gasteiger partial charge in [-0.1, -0.05) is 6.08 Å². The lowest BCUT2D eigenvalue weighted by Crippen LogP contribution is -2.39. The minimum atomic E-state index is -0.894. The first-order valence-electron chi connectivity index (χ1n) is 5.78. The zero-order valence-corrected chi connectivity index (χ0v) is 10.9. The molecule has 0 aromatic heterocycles. The van der Waals surface area contributed by atoms with Crippen LogP contribution in [-0.2, 0) is 9.59 Å². The molecule has 5 heteroatoms. The molecular formula is C12H19NO3S. The Hall–Kier alpha value is -0.970. The SMILES string of the molecule is C=CCCCSC1C[C@@H](C(=O)O)N(C(C)=O)C1. The summed E-state index contributed by atoms with van der Waals surface area (Å²) in [6.07, 6.45) is 4.49. The molecule has 96 valence electrons. The molecule has 1 heterocycles. The molecule has 17 heavy (non-hydrogen) atoms. The Morgan fingerprint density at radius 1 is 1.59 bits per heavy atom. The number of hydrogen-bond donors (Lipinski definition) is 1. The van der Waals surface area contributed by atoms with E-state index in [9.17, 15) is 9.59 Å². The second-order valence-electron chi connectivity index (χ2n) is 4.18. The number of carbonyl (C=O) groups excluding carboxylic acids is 1. The molecule has 1 saturated heterocycles. The van der Waals surface area contributed by atoms with Crippen LogP contribution in [0.15, 0.2) is 12.7 Å². The zero-order valence-electron chi connectivity index (χ0n) is 10.1. The molecule has 4 nitrogen and oxygen atoms in total. The number of thioether (sulfide) groups is 1. The van der Waals surface area contributed by atoms with Gasteiger partial charge in [0.25, 0.3) is 0 Å². The number of carboxylic acid groups (broad SMARTS) is 1. The van der Waals surface area contributed by atoms with Crippen molar-refractivity contribution in [3.05, 3.63) is 12.7 Å². The van der Waals surface area contributed by atoms with Crippen molar-refractivity contribution in [1.29, 1.82) is 0 Å². The minimum Gasteiger partial charge on any atom is -0.480 e. The number of aliphatic carboxylic acids is 1. The van der Waals surface area contributed by atoms with Crippen molar-refractivity contribution in [3.8, 4) is 0 Å². The molecular weight excluding hydrogens is 238 g/mol. The third-order valence-corrected chi connectivity index (χ3v) is 4.20. The highest BCUT2D eigenvalue weighted by Gasteiger charge is 2.38. The van der Waals surface area contributed by atoms with Gasteiger partial charge in [-0.15, -0.1) is 6.58 Å². The van der Waals surface area contributed by atoms with Gasteiger partial charge in [0.2, 0.25) is 5.91 Å². The van der Waals surface area contributed by atoms with Crippen LogP contribution >= 0.6 is 11.8 Å². The molecule has 1 N–H and O–H groups in total. The van der Waals surface area contributed by atoms with Gasteiger partial charge in [0.05, 0.1) is 0 Å². The molecule has 1 unspecified atom stereocenters. The van der Waals surface area contributed by atoms with Gasteiger partial charge in [-0.3, -0.25) is 4.79 Å². The Bertz CT molecular complexity index is 284. The summed E-state index contributed by atoms with van der Waals surface area (Å²) in [6.45, 7) is 5.65. The number of allylic oxidation sites excluding steroid dienone is 1. The van der Waals surface area contributed by atoms with Crippen molar-refractivity contribution in [3.63, 3.8) is 0 Å². The second kappa shape index (κ2) is 6.69. The fourth-order valence-electron chi connectivity index (χ4n) is 1.98. The van der Waals surface area contributed by atoms with Crippen molar-refractivity contribution in [1.82, 2.24) is 4.90 Å². The first kappa shape index (κ1) is 14.1. The fraction of sp³-hybridized carbons (Fsp3) is 0.667. The number of carbonyl (C=O) groups is 2. The van der Waals surface area contributed by atoms with E-state index in [4.69, 9.17) is 5.11 Å². The summed E-state index contributed by atoms with van der Waals surface area (Å²) in [6, 6.07) is -0.635. The topological polar surface area (TPSA) is 57.6 Å². The van der Waals surface area contributed by atoms with Crippen molar-refractivity contribution in [2.45, 2.75) is 37.5 Å². The van der Waals surface area contributed by atoms with Crippen LogP contribution in [0.2, 0.25) is 0 Å². The number of carboxylic acids is 1. The van der Waals surface area contributed by atoms with Gasteiger partial charge in [-0.25, -0.2) is 4.79 Å². The van der Waals surface area contributed by atoms with E-state index in [-0.39, 0.29) is 11.2 Å². The van der Waals surface area contributed by atoms with Crippen molar-refractivity contribution >= 4 is 23.6 Å². The normalized spacial score (nSPS) is 23.7. The van der Waals surface area contributed by atoms with Crippen LogP contribution < -0.4 is 0 Å². The molecule has 0 aliphatic carbocycles. The second-order valence-corrected chi connectivity index (χ2v) is 5.59. The van der Waals surface area contributed by atoms with E-state index < -0.39 is 12.0 Å². The largest absolute Gasteiger partial charge is 0.480 e. The molecule has 0 bridgehead atoms. The Labute approximate surface area is 106 Å². The summed E-state index contributed by atoms with van der Waals surface area (Å²) in [5.41, 5.74) is 0. The Morgan fingerprint density at radius 3 is 2.76 bits per heavy atom. The lowest BCUT2D eigenvalue weighted by Gasteiger charge is -2.18. The van der Waals surface area contributed by atoms with Gasteiger partial charge in [0.1, 0.15) is 6.04 Å². The van der Waals surface area contributed by atoms with E-state index in [0.717, 1.165) is 18.6 Å². The molecule has 0 spiro atoms. The molecule has 2 atom stereocenters. The van der Waals surface area contributed by atoms with Gasteiger partial charge >= 0.3 is 5.97 Å². The molecule has 1 fully saturated rings. The average Bonchev–Trinajstić information content (AvgIpc) is 2.69. The summed E-state index contributed by atoms with van der Waals surface area (Å²) in [5.74, 6) is -0.0459. The summed E-state index contributed by atoms with van der Waals surface area (Å²) in [4.78, 5) is 23.8. The molecule has 1 aliphatic rings. The van der Waals surface area contributed by atoms with Crippen LogP contribution in [0.3, 0.4) is 0 Å². The predicted molar refractivity (Wildman–Crippen MR) is 69.1 cm³/mol. The minimum absolute atomic E-state index is 0.147. The Morgan fingerprint density at radius 2 is 2.29 bits per heavy atom. The molecule has 1 amide bonds. The smallest absolute Gasteiger partial charge is 0.326 e. The predicted octanol–water partition coefficient (Wildman–Crippen LogP) is 1.76. The number of hydrogen-bond acceptors (Lipinski definition) is 3. The van der Waals surface area contributed by atoms with Crippen LogP contribution in [-0.4, -0.2) is 45.5 Å². The monoisotopic (exact) mass is 257 g/mol. The molecule has 0 saturated carbocycles. The number of amides is 1. The van der Waals surface area contributed by atoms with Crippen molar-refractivity contribution < 1.29 is 14.7 Å². The van der Waals surface area contributed by atoms with Crippen LogP contribution in [0.5, 0.6) is 0 Å². The van der Waals surface area contributed by atoms with E-state index in [1.165, 1.54) is 11.8 Å². The third kappa shape index (κ3) is 4.07. The molecule has 0 radical (unpaired) electrons. The van der Waals surface area contributed by atoms with Gasteiger partial charge in [0.15, 0.2) is 0 Å². The van der Waals surface area contributed by atoms with Crippen LogP contribution in [0.1, 0.15) is 26.2 Å². The third-order valence-electron chi connectivity index (χ3n) is 2.86. The highest BCUT2D eigenvalue weighted by atomic mass is 32.2. The standard InChI is InChI=1S/C12H19NO3S/c1-3-4-5-6-17-10-7-11(12(15)16)13(8-10)9(2)14/h3,10-11H,1,4-8H2,2H3,(H,15,16)/t10?,11-/m0/s1. The first-order chi connectivity index (χ1) is 8.06. The molecule has 1 aliphatic heterocycles. The highest BCUT2D eigenvalue weighted by molar-refractivity contribution is 7.99. The number of unbranched alkanes of at least 4 members (excludes halogenated alkanes) is 1. The molecule has 1 rings (SSSR count). The highest BCUT2D eigenvalue weighted by Crippen LogP contribution is 2.28. The molecule has 0 aromatic rings. The van der Waals surface area contributed by atoms with E-state index in [0.29, 0.717) is 13.0 Å². The van der Waals surface area contributed by atoms with E-state index in [1.54, 1.807) is 11.8 Å². The summed E-state index contributed by atoms with van der Waals surface area (Å²) >= 11 is 1.76. The number of rotatable bonds is 6. The van der Waals surface area contributed by atoms with E-state index >= 15 is 0 Å². The first-order valence-corrected chi connectivity index (χ1v) is 6.83. The maximum Gasteiger partial charge on any atom is 0.326 e.